The van der Waals surface area contributed by atoms with Gasteiger partial charge < -0.3 is 19.5 Å². The van der Waals surface area contributed by atoms with E-state index in [1.807, 2.05) is 24.3 Å². The fourth-order valence-corrected chi connectivity index (χ4v) is 3.30. The number of methoxy groups -OCH3 is 1. The summed E-state index contributed by atoms with van der Waals surface area (Å²) in [6.07, 6.45) is 1.61. The minimum absolute atomic E-state index is 0.0248. The minimum Gasteiger partial charge on any atom is -0.497 e. The number of nitrogens with one attached hydrogen (secondary N) is 1. The van der Waals surface area contributed by atoms with Crippen LogP contribution in [0.2, 0.25) is 0 Å². The summed E-state index contributed by atoms with van der Waals surface area (Å²) < 4.78 is 16.2. The van der Waals surface area contributed by atoms with Crippen molar-refractivity contribution >= 4 is 17.4 Å². The largest absolute Gasteiger partial charge is 0.497 e. The highest BCUT2D eigenvalue weighted by Crippen LogP contribution is 2.39. The Bertz CT molecular complexity index is 735. The van der Waals surface area contributed by atoms with E-state index in [0.29, 0.717) is 6.61 Å². The predicted octanol–water partition coefficient (Wildman–Crippen LogP) is 3.54. The Morgan fingerprint density at radius 1 is 1.31 bits per heavy atom. The van der Waals surface area contributed by atoms with E-state index in [1.165, 1.54) is 0 Å². The number of aliphatic imine (C=N–C) groups is 1. The van der Waals surface area contributed by atoms with Crippen LogP contribution in [0.4, 0.5) is 5.69 Å². The van der Waals surface area contributed by atoms with Gasteiger partial charge in [0.05, 0.1) is 25.1 Å². The molecule has 140 valence electrons. The fourth-order valence-electron chi connectivity index (χ4n) is 3.30. The molecule has 0 saturated carbocycles. The molecule has 26 heavy (non-hydrogen) atoms. The lowest BCUT2D eigenvalue weighted by atomic mass is 9.77. The molecule has 0 amide bonds. The zero-order chi connectivity index (χ0) is 18.7. The molecule has 6 nitrogen and oxygen atoms in total. The molecule has 1 aromatic carbocycles. The lowest BCUT2D eigenvalue weighted by Gasteiger charge is -2.36. The average molecular weight is 358 g/mol. The van der Waals surface area contributed by atoms with Gasteiger partial charge in [-0.05, 0) is 49.4 Å². The standard InChI is InChI=1S/C20H26N2O4/c1-5-25-19(23)17-12-26-18-15(10-20(2,3)11-16(18)22-17)21-13-6-8-14(24-4)9-7-13/h6-9,17,21H,5,10-12H2,1-4H3. The molecule has 0 saturated heterocycles. The summed E-state index contributed by atoms with van der Waals surface area (Å²) in [5.41, 5.74) is 2.81. The first-order valence-electron chi connectivity index (χ1n) is 8.92. The molecule has 1 aromatic rings. The highest BCUT2D eigenvalue weighted by molar-refractivity contribution is 6.02. The van der Waals surface area contributed by atoms with Crippen molar-refractivity contribution in [2.24, 2.45) is 10.4 Å². The van der Waals surface area contributed by atoms with Gasteiger partial charge in [-0.1, -0.05) is 13.8 Å². The van der Waals surface area contributed by atoms with Crippen LogP contribution in [0.3, 0.4) is 0 Å². The van der Waals surface area contributed by atoms with Crippen LogP contribution in [0.1, 0.15) is 33.6 Å². The van der Waals surface area contributed by atoms with Crippen LogP contribution in [-0.2, 0) is 14.3 Å². The van der Waals surface area contributed by atoms with Gasteiger partial charge >= 0.3 is 5.97 Å². The Hall–Kier alpha value is -2.50. The first-order valence-corrected chi connectivity index (χ1v) is 8.92. The van der Waals surface area contributed by atoms with Crippen LogP contribution in [0.5, 0.6) is 5.75 Å². The van der Waals surface area contributed by atoms with Crippen LogP contribution >= 0.6 is 0 Å². The van der Waals surface area contributed by atoms with Crippen LogP contribution in [0, 0.1) is 5.41 Å². The van der Waals surface area contributed by atoms with Gasteiger partial charge in [-0.3, -0.25) is 4.99 Å². The molecule has 1 N–H and O–H groups in total. The Balaban J connectivity index is 1.87. The number of rotatable bonds is 5. The summed E-state index contributed by atoms with van der Waals surface area (Å²) in [4.78, 5) is 16.7. The van der Waals surface area contributed by atoms with Gasteiger partial charge in [-0.25, -0.2) is 4.79 Å². The van der Waals surface area contributed by atoms with Gasteiger partial charge in [-0.2, -0.15) is 0 Å². The molecular weight excluding hydrogens is 332 g/mol. The molecule has 3 rings (SSSR count). The number of nitrogens with zero attached hydrogens (tertiary/aromatic N) is 1. The highest BCUT2D eigenvalue weighted by atomic mass is 16.5. The van der Waals surface area contributed by atoms with E-state index in [0.717, 1.165) is 41.4 Å². The summed E-state index contributed by atoms with van der Waals surface area (Å²) in [5.74, 6) is 1.25. The normalized spacial score (nSPS) is 21.2. The van der Waals surface area contributed by atoms with Crippen molar-refractivity contribution in [3.8, 4) is 5.75 Å². The summed E-state index contributed by atoms with van der Waals surface area (Å²) in [7, 11) is 1.65. The number of carbonyl (C=O) groups is 1. The maximum Gasteiger partial charge on any atom is 0.334 e. The van der Waals surface area contributed by atoms with Crippen LogP contribution in [0.15, 0.2) is 40.7 Å². The van der Waals surface area contributed by atoms with E-state index in [1.54, 1.807) is 14.0 Å². The number of esters is 1. The van der Waals surface area contributed by atoms with Crippen molar-refractivity contribution in [3.05, 3.63) is 35.7 Å². The molecule has 0 spiro atoms. The monoisotopic (exact) mass is 358 g/mol. The lowest BCUT2D eigenvalue weighted by Crippen LogP contribution is -2.38. The maximum absolute atomic E-state index is 12.0. The zero-order valence-electron chi connectivity index (χ0n) is 15.8. The quantitative estimate of drug-likeness (QED) is 0.815. The Labute approximate surface area is 154 Å². The van der Waals surface area contributed by atoms with Crippen molar-refractivity contribution < 1.29 is 19.0 Å². The second-order valence-electron chi connectivity index (χ2n) is 7.33. The van der Waals surface area contributed by atoms with Gasteiger partial charge in [0.1, 0.15) is 12.4 Å². The summed E-state index contributed by atoms with van der Waals surface area (Å²) in [5, 5.41) is 3.46. The third-order valence-electron chi connectivity index (χ3n) is 4.48. The molecule has 0 aromatic heterocycles. The Morgan fingerprint density at radius 3 is 2.69 bits per heavy atom. The number of hydrogen-bond donors (Lipinski definition) is 1. The van der Waals surface area contributed by atoms with Crippen molar-refractivity contribution in [1.29, 1.82) is 0 Å². The van der Waals surface area contributed by atoms with Gasteiger partial charge in [-0.15, -0.1) is 0 Å². The Kier molecular flexibility index (Phi) is 5.20. The molecule has 2 aliphatic rings. The first kappa shape index (κ1) is 18.3. The van der Waals surface area contributed by atoms with Crippen LogP contribution in [-0.4, -0.2) is 38.0 Å². The molecule has 1 aliphatic carbocycles. The van der Waals surface area contributed by atoms with Gasteiger partial charge in [0, 0.05) is 5.69 Å². The fraction of sp³-hybridized carbons (Fsp3) is 0.500. The van der Waals surface area contributed by atoms with E-state index >= 15 is 0 Å². The third kappa shape index (κ3) is 4.00. The number of benzene rings is 1. The van der Waals surface area contributed by atoms with E-state index in [9.17, 15) is 4.79 Å². The van der Waals surface area contributed by atoms with Gasteiger partial charge in [0.2, 0.25) is 0 Å². The lowest BCUT2D eigenvalue weighted by molar-refractivity contribution is -0.145. The van der Waals surface area contributed by atoms with E-state index in [2.05, 4.69) is 24.2 Å². The maximum atomic E-state index is 12.0. The SMILES string of the molecule is CCOC(=O)C1COC2=C(Nc3ccc(OC)cc3)CC(C)(C)CC2=N1. The average Bonchev–Trinajstić information content (AvgIpc) is 2.61. The molecule has 1 aliphatic heterocycles. The molecule has 0 radical (unpaired) electrons. The van der Waals surface area contributed by atoms with Crippen molar-refractivity contribution in [1.82, 2.24) is 0 Å². The van der Waals surface area contributed by atoms with Crippen LogP contribution in [0.25, 0.3) is 0 Å². The molecular formula is C20H26N2O4. The van der Waals surface area contributed by atoms with Crippen molar-refractivity contribution in [3.63, 3.8) is 0 Å². The van der Waals surface area contributed by atoms with Crippen LogP contribution < -0.4 is 10.1 Å². The molecule has 6 heteroatoms. The second kappa shape index (κ2) is 7.40. The third-order valence-corrected chi connectivity index (χ3v) is 4.48. The van der Waals surface area contributed by atoms with Gasteiger partial charge in [0.25, 0.3) is 0 Å². The second-order valence-corrected chi connectivity index (χ2v) is 7.33. The summed E-state index contributed by atoms with van der Waals surface area (Å²) in [6.45, 7) is 6.73. The molecule has 1 unspecified atom stereocenters. The predicted molar refractivity (Wildman–Crippen MR) is 100 cm³/mol. The number of fused-ring (bicyclic) bond motifs is 1. The van der Waals surface area contributed by atoms with E-state index in [4.69, 9.17) is 14.2 Å². The molecule has 1 atom stereocenters. The molecule has 1 heterocycles. The number of carbonyl (C=O) groups excluding carboxylic acids is 1. The number of ether oxygens (including phenoxy) is 3. The topological polar surface area (TPSA) is 69.2 Å². The molecule has 0 fully saturated rings. The summed E-state index contributed by atoms with van der Waals surface area (Å²) in [6, 6.07) is 7.18. The Morgan fingerprint density at radius 2 is 2.04 bits per heavy atom. The minimum atomic E-state index is -0.579. The zero-order valence-corrected chi connectivity index (χ0v) is 15.8. The van der Waals surface area contributed by atoms with Gasteiger partial charge in [0.15, 0.2) is 11.8 Å². The number of anilines is 1. The van der Waals surface area contributed by atoms with Crippen molar-refractivity contribution in [2.45, 2.75) is 39.7 Å². The van der Waals surface area contributed by atoms with Crippen molar-refractivity contribution in [2.75, 3.05) is 25.6 Å². The summed E-state index contributed by atoms with van der Waals surface area (Å²) >= 11 is 0. The van der Waals surface area contributed by atoms with E-state index in [-0.39, 0.29) is 18.0 Å². The number of hydrogen-bond acceptors (Lipinski definition) is 6. The first-order chi connectivity index (χ1) is 12.4. The highest BCUT2D eigenvalue weighted by Gasteiger charge is 2.37. The smallest absolute Gasteiger partial charge is 0.334 e. The van der Waals surface area contributed by atoms with E-state index < -0.39 is 6.04 Å². The molecule has 0 bridgehead atoms. The number of allylic oxidation sites excluding steroid dienone is 2.